The van der Waals surface area contributed by atoms with E-state index in [1.165, 1.54) is 12.1 Å². The summed E-state index contributed by atoms with van der Waals surface area (Å²) in [7, 11) is 1.65. The fourth-order valence-electron chi connectivity index (χ4n) is 1.44. The second kappa shape index (κ2) is 8.87. The zero-order chi connectivity index (χ0) is 14.1. The highest BCUT2D eigenvalue weighted by molar-refractivity contribution is 9.10. The van der Waals surface area contributed by atoms with Crippen molar-refractivity contribution in [3.8, 4) is 0 Å². The molecule has 1 aromatic carbocycles. The maximum absolute atomic E-state index is 13.2. The van der Waals surface area contributed by atoms with Crippen molar-refractivity contribution in [2.24, 2.45) is 4.99 Å². The molecule has 0 spiro atoms. The molecule has 0 aliphatic carbocycles. The minimum atomic E-state index is -0.259. The van der Waals surface area contributed by atoms with Gasteiger partial charge in [0.1, 0.15) is 5.82 Å². The number of ether oxygens (including phenoxy) is 1. The van der Waals surface area contributed by atoms with Crippen LogP contribution in [0.2, 0.25) is 0 Å². The molecule has 6 heteroatoms. The Labute approximate surface area is 121 Å². The van der Waals surface area contributed by atoms with Crippen molar-refractivity contribution in [3.63, 3.8) is 0 Å². The summed E-state index contributed by atoms with van der Waals surface area (Å²) in [5, 5.41) is 6.25. The van der Waals surface area contributed by atoms with Crippen LogP contribution >= 0.6 is 15.9 Å². The Bertz CT molecular complexity index is 426. The van der Waals surface area contributed by atoms with E-state index in [1.54, 1.807) is 13.2 Å². The molecule has 0 fully saturated rings. The van der Waals surface area contributed by atoms with E-state index < -0.39 is 0 Å². The second-order valence-corrected chi connectivity index (χ2v) is 4.70. The molecule has 0 heterocycles. The molecule has 0 aliphatic rings. The van der Waals surface area contributed by atoms with Gasteiger partial charge in [0.05, 0.1) is 13.2 Å². The molecule has 0 aliphatic heterocycles. The minimum absolute atomic E-state index is 0.259. The van der Waals surface area contributed by atoms with Crippen molar-refractivity contribution in [2.45, 2.75) is 13.5 Å². The Morgan fingerprint density at radius 2 is 2.21 bits per heavy atom. The fraction of sp³-hybridized carbons (Fsp3) is 0.462. The Kier molecular flexibility index (Phi) is 7.43. The van der Waals surface area contributed by atoms with Gasteiger partial charge in [-0.1, -0.05) is 15.9 Å². The first-order valence-electron chi connectivity index (χ1n) is 6.12. The Morgan fingerprint density at radius 1 is 1.42 bits per heavy atom. The van der Waals surface area contributed by atoms with E-state index in [4.69, 9.17) is 4.74 Å². The third-order valence-corrected chi connectivity index (χ3v) is 3.13. The molecule has 106 valence electrons. The van der Waals surface area contributed by atoms with E-state index in [1.807, 2.05) is 6.92 Å². The predicted molar refractivity (Wildman–Crippen MR) is 78.8 cm³/mol. The van der Waals surface area contributed by atoms with E-state index >= 15 is 0 Å². The normalized spacial score (nSPS) is 11.5. The Balaban J connectivity index is 2.65. The zero-order valence-corrected chi connectivity index (χ0v) is 12.8. The summed E-state index contributed by atoms with van der Waals surface area (Å²) in [6, 6.07) is 4.58. The maximum Gasteiger partial charge on any atom is 0.191 e. The smallest absolute Gasteiger partial charge is 0.191 e. The van der Waals surface area contributed by atoms with Crippen LogP contribution in [0.15, 0.2) is 27.7 Å². The summed E-state index contributed by atoms with van der Waals surface area (Å²) in [5.41, 5.74) is 0.809. The number of hydrogen-bond donors (Lipinski definition) is 2. The van der Waals surface area contributed by atoms with Crippen molar-refractivity contribution in [3.05, 3.63) is 34.1 Å². The molecular formula is C13H19BrFN3O. The van der Waals surface area contributed by atoms with E-state index in [9.17, 15) is 4.39 Å². The topological polar surface area (TPSA) is 45.7 Å². The van der Waals surface area contributed by atoms with Crippen molar-refractivity contribution < 1.29 is 9.13 Å². The first kappa shape index (κ1) is 15.9. The monoisotopic (exact) mass is 331 g/mol. The summed E-state index contributed by atoms with van der Waals surface area (Å²) in [6.07, 6.45) is 0. The van der Waals surface area contributed by atoms with Crippen LogP contribution in [0.5, 0.6) is 0 Å². The fourth-order valence-corrected chi connectivity index (χ4v) is 1.81. The Morgan fingerprint density at radius 3 is 2.89 bits per heavy atom. The zero-order valence-electron chi connectivity index (χ0n) is 11.2. The van der Waals surface area contributed by atoms with Gasteiger partial charge in [0.15, 0.2) is 5.96 Å². The Hall–Kier alpha value is -1.14. The van der Waals surface area contributed by atoms with Crippen LogP contribution in [0.4, 0.5) is 4.39 Å². The summed E-state index contributed by atoms with van der Waals surface area (Å²) in [4.78, 5) is 4.40. The van der Waals surface area contributed by atoms with Crippen LogP contribution in [-0.2, 0) is 11.3 Å². The minimum Gasteiger partial charge on any atom is -0.383 e. The highest BCUT2D eigenvalue weighted by Gasteiger charge is 2.02. The lowest BCUT2D eigenvalue weighted by Crippen LogP contribution is -2.38. The lowest BCUT2D eigenvalue weighted by atomic mass is 10.2. The van der Waals surface area contributed by atoms with E-state index in [-0.39, 0.29) is 5.82 Å². The number of nitrogens with one attached hydrogen (secondary N) is 2. The largest absolute Gasteiger partial charge is 0.383 e. The third-order valence-electron chi connectivity index (χ3n) is 2.36. The van der Waals surface area contributed by atoms with Crippen LogP contribution in [0.1, 0.15) is 12.5 Å². The number of nitrogens with zero attached hydrogens (tertiary/aromatic N) is 1. The van der Waals surface area contributed by atoms with Gasteiger partial charge in [0.25, 0.3) is 0 Å². The van der Waals surface area contributed by atoms with Gasteiger partial charge in [-0.15, -0.1) is 0 Å². The van der Waals surface area contributed by atoms with E-state index in [2.05, 4.69) is 31.6 Å². The molecule has 0 aromatic heterocycles. The van der Waals surface area contributed by atoms with Crippen LogP contribution in [-0.4, -0.2) is 32.8 Å². The van der Waals surface area contributed by atoms with Gasteiger partial charge in [0, 0.05) is 24.7 Å². The van der Waals surface area contributed by atoms with Crippen LogP contribution in [0.25, 0.3) is 0 Å². The molecule has 0 saturated carbocycles. The summed E-state index contributed by atoms with van der Waals surface area (Å²) in [5.74, 6) is 0.432. The summed E-state index contributed by atoms with van der Waals surface area (Å²) in [6.45, 7) is 4.44. The lowest BCUT2D eigenvalue weighted by molar-refractivity contribution is 0.203. The van der Waals surface area contributed by atoms with Gasteiger partial charge in [-0.05, 0) is 30.7 Å². The van der Waals surface area contributed by atoms with Crippen LogP contribution in [0.3, 0.4) is 0 Å². The number of hydrogen-bond acceptors (Lipinski definition) is 2. The van der Waals surface area contributed by atoms with Gasteiger partial charge in [-0.3, -0.25) is 0 Å². The molecule has 4 nitrogen and oxygen atoms in total. The first-order valence-corrected chi connectivity index (χ1v) is 6.91. The van der Waals surface area contributed by atoms with Crippen molar-refractivity contribution in [1.82, 2.24) is 10.6 Å². The van der Waals surface area contributed by atoms with Gasteiger partial charge >= 0.3 is 0 Å². The number of guanidine groups is 1. The van der Waals surface area contributed by atoms with Gasteiger partial charge in [0.2, 0.25) is 0 Å². The van der Waals surface area contributed by atoms with Crippen molar-refractivity contribution >= 4 is 21.9 Å². The lowest BCUT2D eigenvalue weighted by Gasteiger charge is -2.11. The number of methoxy groups -OCH3 is 1. The standard InChI is InChI=1S/C13H19BrFN3O/c1-3-16-13(17-6-7-19-2)18-9-10-8-11(15)4-5-12(10)14/h4-5,8H,3,6-7,9H2,1-2H3,(H2,16,17,18). The molecule has 19 heavy (non-hydrogen) atoms. The van der Waals surface area contributed by atoms with E-state index in [0.29, 0.717) is 25.7 Å². The molecular weight excluding hydrogens is 313 g/mol. The summed E-state index contributed by atoms with van der Waals surface area (Å²) < 4.78 is 19.0. The second-order valence-electron chi connectivity index (χ2n) is 3.85. The molecule has 0 radical (unpaired) electrons. The number of benzene rings is 1. The third kappa shape index (κ3) is 6.02. The number of aliphatic imine (C=N–C) groups is 1. The van der Waals surface area contributed by atoms with Crippen LogP contribution in [0, 0.1) is 5.82 Å². The molecule has 0 atom stereocenters. The molecule has 1 aromatic rings. The molecule has 2 N–H and O–H groups in total. The quantitative estimate of drug-likeness (QED) is 0.477. The average molecular weight is 332 g/mol. The number of halogens is 2. The molecule has 0 amide bonds. The molecule has 0 bridgehead atoms. The highest BCUT2D eigenvalue weighted by atomic mass is 79.9. The number of rotatable bonds is 6. The highest BCUT2D eigenvalue weighted by Crippen LogP contribution is 2.18. The van der Waals surface area contributed by atoms with Crippen LogP contribution < -0.4 is 10.6 Å². The first-order chi connectivity index (χ1) is 9.17. The van der Waals surface area contributed by atoms with Crippen molar-refractivity contribution in [1.29, 1.82) is 0 Å². The van der Waals surface area contributed by atoms with Gasteiger partial charge < -0.3 is 15.4 Å². The predicted octanol–water partition coefficient (Wildman–Crippen LogP) is 2.29. The molecule has 1 rings (SSSR count). The average Bonchev–Trinajstić information content (AvgIpc) is 2.40. The van der Waals surface area contributed by atoms with Gasteiger partial charge in [-0.2, -0.15) is 0 Å². The van der Waals surface area contributed by atoms with E-state index in [0.717, 1.165) is 16.6 Å². The maximum atomic E-state index is 13.2. The van der Waals surface area contributed by atoms with Crippen molar-refractivity contribution in [2.75, 3.05) is 26.8 Å². The molecule has 0 unspecified atom stereocenters. The SMILES string of the molecule is CCNC(=NCc1cc(F)ccc1Br)NCCOC. The van der Waals surface area contributed by atoms with Gasteiger partial charge in [-0.25, -0.2) is 9.38 Å². The molecule has 0 saturated heterocycles. The summed E-state index contributed by atoms with van der Waals surface area (Å²) >= 11 is 3.39.